The molecule has 0 aliphatic rings. The maximum absolute atomic E-state index is 11.6. The zero-order valence-corrected chi connectivity index (χ0v) is 11.7. The van der Waals surface area contributed by atoms with Crippen LogP contribution in [0.3, 0.4) is 0 Å². The smallest absolute Gasteiger partial charge is 0.224 e. The monoisotopic (exact) mass is 249 g/mol. The van der Waals surface area contributed by atoms with Gasteiger partial charge in [-0.1, -0.05) is 39.0 Å². The van der Waals surface area contributed by atoms with Gasteiger partial charge in [0.2, 0.25) is 5.91 Å². The first-order chi connectivity index (χ1) is 8.34. The number of hydrogen-bond acceptors (Lipinski definition) is 2. The summed E-state index contributed by atoms with van der Waals surface area (Å²) in [6.45, 7) is 8.86. The molecule has 0 aliphatic carbocycles. The van der Waals surface area contributed by atoms with Gasteiger partial charge < -0.3 is 10.4 Å². The molecule has 100 valence electrons. The van der Waals surface area contributed by atoms with Crippen LogP contribution in [0.5, 0.6) is 0 Å². The highest BCUT2D eigenvalue weighted by Gasteiger charge is 2.15. The lowest BCUT2D eigenvalue weighted by Crippen LogP contribution is -2.28. The average Bonchev–Trinajstić information content (AvgIpc) is 2.27. The number of aliphatic hydroxyl groups excluding tert-OH is 1. The normalized spacial score (nSPS) is 11.4. The van der Waals surface area contributed by atoms with Crippen molar-refractivity contribution in [2.75, 3.05) is 13.2 Å². The lowest BCUT2D eigenvalue weighted by atomic mass is 9.85. The third kappa shape index (κ3) is 4.15. The third-order valence-electron chi connectivity index (χ3n) is 2.99. The molecule has 0 fully saturated rings. The molecule has 0 spiro atoms. The Labute approximate surface area is 109 Å². The highest BCUT2D eigenvalue weighted by molar-refractivity contribution is 5.78. The molecule has 18 heavy (non-hydrogen) atoms. The minimum absolute atomic E-state index is 0.0202. The van der Waals surface area contributed by atoms with Gasteiger partial charge in [0.05, 0.1) is 13.0 Å². The summed E-state index contributed by atoms with van der Waals surface area (Å²) in [5, 5.41) is 11.3. The molecule has 3 nitrogen and oxygen atoms in total. The quantitative estimate of drug-likeness (QED) is 0.857. The zero-order chi connectivity index (χ0) is 13.8. The molecule has 0 bridgehead atoms. The number of hydrogen-bond donors (Lipinski definition) is 2. The molecule has 1 amide bonds. The summed E-state index contributed by atoms with van der Waals surface area (Å²) in [5.41, 5.74) is 3.59. The van der Waals surface area contributed by atoms with E-state index in [1.54, 1.807) is 0 Å². The van der Waals surface area contributed by atoms with Crippen molar-refractivity contribution in [3.8, 4) is 0 Å². The van der Waals surface area contributed by atoms with E-state index in [9.17, 15) is 4.79 Å². The molecule has 0 radical (unpaired) electrons. The topological polar surface area (TPSA) is 49.3 Å². The van der Waals surface area contributed by atoms with E-state index in [4.69, 9.17) is 5.11 Å². The van der Waals surface area contributed by atoms with Crippen LogP contribution in [-0.4, -0.2) is 24.2 Å². The maximum Gasteiger partial charge on any atom is 0.224 e. The number of aryl methyl sites for hydroxylation is 1. The minimum atomic E-state index is -0.0457. The molecule has 1 aromatic carbocycles. The molecular weight excluding hydrogens is 226 g/mol. The molecule has 1 rings (SSSR count). The van der Waals surface area contributed by atoms with Gasteiger partial charge in [-0.3, -0.25) is 4.79 Å². The van der Waals surface area contributed by atoms with Crippen molar-refractivity contribution in [3.05, 3.63) is 34.9 Å². The Morgan fingerprint density at radius 1 is 1.33 bits per heavy atom. The lowest BCUT2D eigenvalue weighted by molar-refractivity contribution is -0.120. The Morgan fingerprint density at radius 2 is 2.00 bits per heavy atom. The van der Waals surface area contributed by atoms with Gasteiger partial charge in [-0.05, 0) is 29.0 Å². The molecule has 1 aromatic rings. The van der Waals surface area contributed by atoms with Gasteiger partial charge in [0, 0.05) is 6.54 Å². The molecule has 0 saturated carbocycles. The van der Waals surface area contributed by atoms with E-state index >= 15 is 0 Å². The van der Waals surface area contributed by atoms with E-state index in [2.05, 4.69) is 38.2 Å². The van der Waals surface area contributed by atoms with Crippen LogP contribution in [0.1, 0.15) is 37.5 Å². The van der Waals surface area contributed by atoms with Crippen LogP contribution in [-0.2, 0) is 16.6 Å². The van der Waals surface area contributed by atoms with E-state index in [0.29, 0.717) is 13.0 Å². The Hall–Kier alpha value is -1.35. The first-order valence-corrected chi connectivity index (χ1v) is 6.32. The van der Waals surface area contributed by atoms with Gasteiger partial charge in [0.1, 0.15) is 0 Å². The fourth-order valence-electron chi connectivity index (χ4n) is 1.79. The molecular formula is C15H23NO2. The molecule has 0 saturated heterocycles. The highest BCUT2D eigenvalue weighted by Crippen LogP contribution is 2.24. The number of benzene rings is 1. The van der Waals surface area contributed by atoms with Gasteiger partial charge in [-0.15, -0.1) is 0 Å². The minimum Gasteiger partial charge on any atom is -0.395 e. The second-order valence-electron chi connectivity index (χ2n) is 5.64. The first-order valence-electron chi connectivity index (χ1n) is 6.32. The van der Waals surface area contributed by atoms with E-state index in [1.807, 2.05) is 13.0 Å². The predicted molar refractivity (Wildman–Crippen MR) is 73.7 cm³/mol. The van der Waals surface area contributed by atoms with Crippen molar-refractivity contribution < 1.29 is 9.90 Å². The fraction of sp³-hybridized carbons (Fsp3) is 0.533. The summed E-state index contributed by atoms with van der Waals surface area (Å²) < 4.78 is 0. The van der Waals surface area contributed by atoms with Crippen LogP contribution < -0.4 is 5.32 Å². The van der Waals surface area contributed by atoms with Crippen molar-refractivity contribution >= 4 is 5.91 Å². The van der Waals surface area contributed by atoms with Crippen LogP contribution in [0.15, 0.2) is 18.2 Å². The van der Waals surface area contributed by atoms with Gasteiger partial charge >= 0.3 is 0 Å². The number of carbonyl (C=O) groups excluding carboxylic acids is 1. The number of amides is 1. The molecule has 2 N–H and O–H groups in total. The second kappa shape index (κ2) is 6.01. The predicted octanol–water partition coefficient (Wildman–Crippen LogP) is 1.94. The second-order valence-corrected chi connectivity index (χ2v) is 5.64. The van der Waals surface area contributed by atoms with Gasteiger partial charge in [-0.25, -0.2) is 0 Å². The zero-order valence-electron chi connectivity index (χ0n) is 11.7. The first kappa shape index (κ1) is 14.7. The summed E-state index contributed by atoms with van der Waals surface area (Å²) in [6.07, 6.45) is 0.371. The highest BCUT2D eigenvalue weighted by atomic mass is 16.3. The Morgan fingerprint density at radius 3 is 2.50 bits per heavy atom. The Balaban J connectivity index is 2.77. The number of rotatable bonds is 4. The van der Waals surface area contributed by atoms with Gasteiger partial charge in [-0.2, -0.15) is 0 Å². The summed E-state index contributed by atoms with van der Waals surface area (Å²) in [5.74, 6) is -0.0457. The van der Waals surface area contributed by atoms with E-state index < -0.39 is 0 Å². The maximum atomic E-state index is 11.6. The average molecular weight is 249 g/mol. The Bertz CT molecular complexity index is 419. The van der Waals surface area contributed by atoms with E-state index in [-0.39, 0.29) is 17.9 Å². The van der Waals surface area contributed by atoms with Crippen molar-refractivity contribution in [1.82, 2.24) is 5.32 Å². The third-order valence-corrected chi connectivity index (χ3v) is 2.99. The number of nitrogens with one attached hydrogen (secondary N) is 1. The lowest BCUT2D eigenvalue weighted by Gasteiger charge is -2.20. The number of carbonyl (C=O) groups is 1. The van der Waals surface area contributed by atoms with E-state index in [0.717, 1.165) is 11.1 Å². The van der Waals surface area contributed by atoms with Crippen molar-refractivity contribution in [2.24, 2.45) is 0 Å². The molecule has 0 atom stereocenters. The molecule has 0 aliphatic heterocycles. The van der Waals surface area contributed by atoms with Crippen LogP contribution in [0.25, 0.3) is 0 Å². The summed E-state index contributed by atoms with van der Waals surface area (Å²) in [4.78, 5) is 11.6. The van der Waals surface area contributed by atoms with Crippen molar-refractivity contribution in [2.45, 2.75) is 39.5 Å². The Kier molecular flexibility index (Phi) is 4.91. The van der Waals surface area contributed by atoms with Crippen LogP contribution >= 0.6 is 0 Å². The largest absolute Gasteiger partial charge is 0.395 e. The SMILES string of the molecule is Cc1cc(C(C)(C)C)ccc1CC(=O)NCCO. The van der Waals surface area contributed by atoms with Crippen LogP contribution in [0.2, 0.25) is 0 Å². The molecule has 3 heteroatoms. The molecule has 0 aromatic heterocycles. The fourth-order valence-corrected chi connectivity index (χ4v) is 1.79. The summed E-state index contributed by atoms with van der Waals surface area (Å²) in [7, 11) is 0. The van der Waals surface area contributed by atoms with Crippen molar-refractivity contribution in [3.63, 3.8) is 0 Å². The van der Waals surface area contributed by atoms with Crippen LogP contribution in [0, 0.1) is 6.92 Å². The van der Waals surface area contributed by atoms with E-state index in [1.165, 1.54) is 5.56 Å². The van der Waals surface area contributed by atoms with Gasteiger partial charge in [0.15, 0.2) is 0 Å². The molecule has 0 heterocycles. The van der Waals surface area contributed by atoms with Gasteiger partial charge in [0.25, 0.3) is 0 Å². The van der Waals surface area contributed by atoms with Crippen LogP contribution in [0.4, 0.5) is 0 Å². The molecule has 0 unspecified atom stereocenters. The standard InChI is InChI=1S/C15H23NO2/c1-11-9-13(15(2,3)4)6-5-12(11)10-14(18)16-7-8-17/h5-6,9,17H,7-8,10H2,1-4H3,(H,16,18). The summed E-state index contributed by atoms with van der Waals surface area (Å²) in [6, 6.07) is 6.25. The number of aliphatic hydroxyl groups is 1. The summed E-state index contributed by atoms with van der Waals surface area (Å²) >= 11 is 0. The van der Waals surface area contributed by atoms with Crippen molar-refractivity contribution in [1.29, 1.82) is 0 Å².